The van der Waals surface area contributed by atoms with E-state index in [0.29, 0.717) is 28.8 Å². The fourth-order valence-corrected chi connectivity index (χ4v) is 3.55. The van der Waals surface area contributed by atoms with Gasteiger partial charge < -0.3 is 9.47 Å². The molecule has 0 saturated carbocycles. The molecule has 134 valence electrons. The van der Waals surface area contributed by atoms with Gasteiger partial charge in [0.15, 0.2) is 0 Å². The molecule has 1 aromatic rings. The van der Waals surface area contributed by atoms with Gasteiger partial charge in [0.25, 0.3) is 5.91 Å². The van der Waals surface area contributed by atoms with E-state index in [1.54, 1.807) is 18.1 Å². The van der Waals surface area contributed by atoms with Crippen LogP contribution in [0.5, 0.6) is 5.75 Å². The average molecular weight is 380 g/mol. The van der Waals surface area contributed by atoms with Crippen molar-refractivity contribution in [2.24, 2.45) is 0 Å². The third-order valence-electron chi connectivity index (χ3n) is 3.49. The van der Waals surface area contributed by atoms with Crippen LogP contribution in [0.4, 0.5) is 0 Å². The number of hydrogen-bond acceptors (Lipinski definition) is 6. The first-order valence-electron chi connectivity index (χ1n) is 8.10. The van der Waals surface area contributed by atoms with Gasteiger partial charge in [-0.15, -0.1) is 0 Å². The van der Waals surface area contributed by atoms with Crippen molar-refractivity contribution in [3.05, 3.63) is 34.7 Å². The second kappa shape index (κ2) is 9.58. The lowest BCUT2D eigenvalue weighted by atomic mass is 10.2. The minimum atomic E-state index is -0.237. The Bertz CT molecular complexity index is 687. The van der Waals surface area contributed by atoms with E-state index in [1.807, 2.05) is 31.2 Å². The second-order valence-electron chi connectivity index (χ2n) is 5.43. The van der Waals surface area contributed by atoms with Crippen LogP contribution in [-0.2, 0) is 14.3 Å². The summed E-state index contributed by atoms with van der Waals surface area (Å²) in [7, 11) is 1.60. The van der Waals surface area contributed by atoms with E-state index in [4.69, 9.17) is 21.7 Å². The first-order valence-corrected chi connectivity index (χ1v) is 9.32. The van der Waals surface area contributed by atoms with Gasteiger partial charge in [-0.2, -0.15) is 0 Å². The number of thioether (sulfide) groups is 1. The minimum Gasteiger partial charge on any atom is -0.497 e. The van der Waals surface area contributed by atoms with Crippen LogP contribution < -0.4 is 4.74 Å². The van der Waals surface area contributed by atoms with Gasteiger partial charge in [-0.05, 0) is 36.6 Å². The molecule has 0 aliphatic carbocycles. The predicted octanol–water partition coefficient (Wildman–Crippen LogP) is 3.63. The Balaban J connectivity index is 1.95. The number of ether oxygens (including phenoxy) is 2. The van der Waals surface area contributed by atoms with Crippen molar-refractivity contribution in [3.8, 4) is 5.75 Å². The molecule has 0 aromatic heterocycles. The summed E-state index contributed by atoms with van der Waals surface area (Å²) in [5, 5.41) is 0. The highest BCUT2D eigenvalue weighted by molar-refractivity contribution is 8.26. The summed E-state index contributed by atoms with van der Waals surface area (Å²) < 4.78 is 10.7. The van der Waals surface area contributed by atoms with E-state index in [2.05, 4.69) is 0 Å². The molecule has 7 heteroatoms. The molecule has 1 aliphatic heterocycles. The molecule has 1 saturated heterocycles. The maximum absolute atomic E-state index is 12.5. The molecule has 0 radical (unpaired) electrons. The second-order valence-corrected chi connectivity index (χ2v) is 7.11. The predicted molar refractivity (Wildman–Crippen MR) is 103 cm³/mol. The maximum Gasteiger partial charge on any atom is 0.305 e. The van der Waals surface area contributed by atoms with E-state index in [0.717, 1.165) is 17.7 Å². The van der Waals surface area contributed by atoms with Crippen molar-refractivity contribution >= 4 is 46.3 Å². The highest BCUT2D eigenvalue weighted by atomic mass is 32.2. The van der Waals surface area contributed by atoms with E-state index < -0.39 is 0 Å². The van der Waals surface area contributed by atoms with Gasteiger partial charge in [0.1, 0.15) is 10.1 Å². The highest BCUT2D eigenvalue weighted by Gasteiger charge is 2.31. The van der Waals surface area contributed by atoms with E-state index >= 15 is 0 Å². The van der Waals surface area contributed by atoms with Gasteiger partial charge in [-0.1, -0.05) is 43.0 Å². The zero-order valence-electron chi connectivity index (χ0n) is 14.3. The molecule has 0 bridgehead atoms. The Hall–Kier alpha value is -1.86. The molecule has 2 rings (SSSR count). The summed E-state index contributed by atoms with van der Waals surface area (Å²) in [6.45, 7) is 2.80. The SMILES string of the molecule is CCCOC(=O)CCCN1C(=O)C(=Cc2cccc(OC)c2)SC1=S. The van der Waals surface area contributed by atoms with Gasteiger partial charge in [0, 0.05) is 13.0 Å². The number of carbonyl (C=O) groups is 2. The van der Waals surface area contributed by atoms with Crippen molar-refractivity contribution in [3.63, 3.8) is 0 Å². The molecule has 1 fully saturated rings. The smallest absolute Gasteiger partial charge is 0.305 e. The fraction of sp³-hybridized carbons (Fsp3) is 0.389. The Morgan fingerprint density at radius 3 is 2.92 bits per heavy atom. The van der Waals surface area contributed by atoms with Crippen LogP contribution in [0.3, 0.4) is 0 Å². The highest BCUT2D eigenvalue weighted by Crippen LogP contribution is 2.33. The molecule has 1 aromatic carbocycles. The standard InChI is InChI=1S/C18H21NO4S2/c1-3-10-23-16(20)8-5-9-19-17(21)15(25-18(19)24)12-13-6-4-7-14(11-13)22-2/h4,6-7,11-12H,3,5,8-10H2,1-2H3. The summed E-state index contributed by atoms with van der Waals surface area (Å²) >= 11 is 6.57. The van der Waals surface area contributed by atoms with Crippen LogP contribution in [-0.4, -0.2) is 41.4 Å². The van der Waals surface area contributed by atoms with Crippen molar-refractivity contribution in [2.45, 2.75) is 26.2 Å². The number of thiocarbonyl (C=S) groups is 1. The van der Waals surface area contributed by atoms with E-state index in [1.165, 1.54) is 11.8 Å². The molecule has 1 heterocycles. The van der Waals surface area contributed by atoms with Crippen molar-refractivity contribution in [2.75, 3.05) is 20.3 Å². The number of rotatable bonds is 8. The van der Waals surface area contributed by atoms with E-state index in [9.17, 15) is 9.59 Å². The van der Waals surface area contributed by atoms with Gasteiger partial charge in [0.2, 0.25) is 0 Å². The normalized spacial score (nSPS) is 15.8. The summed E-state index contributed by atoms with van der Waals surface area (Å²) in [5.74, 6) is 0.369. The summed E-state index contributed by atoms with van der Waals surface area (Å²) in [6.07, 6.45) is 3.42. The minimum absolute atomic E-state index is 0.125. The van der Waals surface area contributed by atoms with Gasteiger partial charge in [0.05, 0.1) is 18.6 Å². The van der Waals surface area contributed by atoms with Crippen molar-refractivity contribution in [1.29, 1.82) is 0 Å². The lowest BCUT2D eigenvalue weighted by Crippen LogP contribution is -2.29. The van der Waals surface area contributed by atoms with Crippen LogP contribution in [0.2, 0.25) is 0 Å². The zero-order chi connectivity index (χ0) is 18.2. The maximum atomic E-state index is 12.5. The molecule has 25 heavy (non-hydrogen) atoms. The van der Waals surface area contributed by atoms with Crippen LogP contribution in [0, 0.1) is 0 Å². The molecule has 0 atom stereocenters. The Kier molecular flexibility index (Phi) is 7.46. The first kappa shape index (κ1) is 19.5. The molecule has 0 spiro atoms. The fourth-order valence-electron chi connectivity index (χ4n) is 2.25. The number of methoxy groups -OCH3 is 1. The first-order chi connectivity index (χ1) is 12.0. The Morgan fingerprint density at radius 1 is 1.40 bits per heavy atom. The molecule has 0 unspecified atom stereocenters. The van der Waals surface area contributed by atoms with Crippen LogP contribution in [0.1, 0.15) is 31.7 Å². The molecule has 0 N–H and O–H groups in total. The van der Waals surface area contributed by atoms with Crippen molar-refractivity contribution in [1.82, 2.24) is 4.90 Å². The van der Waals surface area contributed by atoms with E-state index in [-0.39, 0.29) is 18.3 Å². The number of hydrogen-bond donors (Lipinski definition) is 0. The van der Waals surface area contributed by atoms with Gasteiger partial charge in [-0.25, -0.2) is 0 Å². The van der Waals surface area contributed by atoms with Gasteiger partial charge >= 0.3 is 5.97 Å². The number of benzene rings is 1. The molecular formula is C18H21NO4S2. The third-order valence-corrected chi connectivity index (χ3v) is 4.87. The number of esters is 1. The number of carbonyl (C=O) groups excluding carboxylic acids is 2. The Labute approximate surface area is 157 Å². The molecule has 5 nitrogen and oxygen atoms in total. The third kappa shape index (κ3) is 5.57. The lowest BCUT2D eigenvalue weighted by Gasteiger charge is -2.13. The quantitative estimate of drug-likeness (QED) is 0.391. The van der Waals surface area contributed by atoms with Crippen molar-refractivity contribution < 1.29 is 19.1 Å². The van der Waals surface area contributed by atoms with Crippen LogP contribution in [0.25, 0.3) is 6.08 Å². The molecule has 1 amide bonds. The summed E-state index contributed by atoms with van der Waals surface area (Å²) in [5.41, 5.74) is 0.878. The topological polar surface area (TPSA) is 55.8 Å². The summed E-state index contributed by atoms with van der Waals surface area (Å²) in [6, 6.07) is 7.47. The number of amides is 1. The zero-order valence-corrected chi connectivity index (χ0v) is 16.0. The van der Waals surface area contributed by atoms with Crippen LogP contribution >= 0.6 is 24.0 Å². The van der Waals surface area contributed by atoms with Gasteiger partial charge in [-0.3, -0.25) is 14.5 Å². The van der Waals surface area contributed by atoms with Crippen LogP contribution in [0.15, 0.2) is 29.2 Å². The monoisotopic (exact) mass is 379 g/mol. The summed E-state index contributed by atoms with van der Waals surface area (Å²) in [4.78, 5) is 26.2. The lowest BCUT2D eigenvalue weighted by molar-refractivity contribution is -0.144. The largest absolute Gasteiger partial charge is 0.497 e. The molecular weight excluding hydrogens is 358 g/mol. The Morgan fingerprint density at radius 2 is 2.20 bits per heavy atom. The molecule has 1 aliphatic rings. The average Bonchev–Trinajstić information content (AvgIpc) is 2.87. The number of nitrogens with zero attached hydrogens (tertiary/aromatic N) is 1.